The maximum absolute atomic E-state index is 9.70. The topological polar surface area (TPSA) is 35.5 Å². The van der Waals surface area contributed by atoms with Crippen molar-refractivity contribution in [1.29, 1.82) is 0 Å². The number of aryl methyl sites for hydroxylation is 2. The summed E-state index contributed by atoms with van der Waals surface area (Å²) >= 11 is 0. The molecule has 3 heteroatoms. The second-order valence-electron chi connectivity index (χ2n) is 5.27. The molecular weight excluding hydrogens is 224 g/mol. The molecule has 1 aromatic carbocycles. The Balaban J connectivity index is 2.27. The molecule has 1 rings (SSSR count). The molecule has 3 nitrogen and oxygen atoms in total. The molecule has 0 radical (unpaired) electrons. The number of aromatic hydroxyl groups is 1. The van der Waals surface area contributed by atoms with Gasteiger partial charge in [-0.1, -0.05) is 12.1 Å². The Morgan fingerprint density at radius 3 is 2.28 bits per heavy atom. The second-order valence-corrected chi connectivity index (χ2v) is 5.27. The van der Waals surface area contributed by atoms with Gasteiger partial charge in [0.1, 0.15) is 5.75 Å². The van der Waals surface area contributed by atoms with Crippen LogP contribution in [0.5, 0.6) is 5.75 Å². The summed E-state index contributed by atoms with van der Waals surface area (Å²) in [4.78, 5) is 2.21. The van der Waals surface area contributed by atoms with Crippen molar-refractivity contribution in [2.45, 2.75) is 33.2 Å². The van der Waals surface area contributed by atoms with Crippen molar-refractivity contribution in [3.8, 4) is 5.75 Å². The molecule has 1 aromatic rings. The van der Waals surface area contributed by atoms with Crippen LogP contribution in [0.2, 0.25) is 0 Å². The van der Waals surface area contributed by atoms with Gasteiger partial charge in [0.15, 0.2) is 0 Å². The van der Waals surface area contributed by atoms with Crippen LogP contribution in [0.15, 0.2) is 12.1 Å². The van der Waals surface area contributed by atoms with Crippen LogP contribution in [-0.2, 0) is 6.54 Å². The minimum Gasteiger partial charge on any atom is -0.507 e. The molecule has 102 valence electrons. The Kier molecular flexibility index (Phi) is 6.16. The van der Waals surface area contributed by atoms with Crippen molar-refractivity contribution in [3.63, 3.8) is 0 Å². The molecule has 0 amide bonds. The lowest BCUT2D eigenvalue weighted by molar-refractivity contribution is 0.391. The number of phenolic OH excluding ortho intramolecular Hbond substituents is 1. The summed E-state index contributed by atoms with van der Waals surface area (Å²) in [7, 11) is 4.21. The number of nitrogens with one attached hydrogen (secondary N) is 1. The van der Waals surface area contributed by atoms with Gasteiger partial charge in [-0.15, -0.1) is 0 Å². The fraction of sp³-hybridized carbons (Fsp3) is 0.600. The van der Waals surface area contributed by atoms with E-state index in [-0.39, 0.29) is 0 Å². The molecule has 0 bridgehead atoms. The number of hydrogen-bond donors (Lipinski definition) is 2. The quantitative estimate of drug-likeness (QED) is 0.730. The average molecular weight is 250 g/mol. The van der Waals surface area contributed by atoms with Gasteiger partial charge in [0, 0.05) is 6.54 Å². The highest BCUT2D eigenvalue weighted by molar-refractivity contribution is 5.42. The normalized spacial score (nSPS) is 11.2. The monoisotopic (exact) mass is 250 g/mol. The van der Waals surface area contributed by atoms with Gasteiger partial charge < -0.3 is 15.3 Å². The fourth-order valence-electron chi connectivity index (χ4n) is 2.06. The highest BCUT2D eigenvalue weighted by Gasteiger charge is 2.02. The van der Waals surface area contributed by atoms with E-state index in [1.807, 2.05) is 13.8 Å². The molecule has 0 fully saturated rings. The molecular formula is C15H26N2O. The molecule has 0 saturated heterocycles. The first kappa shape index (κ1) is 15.0. The molecule has 18 heavy (non-hydrogen) atoms. The zero-order chi connectivity index (χ0) is 13.5. The lowest BCUT2D eigenvalue weighted by Gasteiger charge is -2.11. The lowest BCUT2D eigenvalue weighted by atomic mass is 10.1. The summed E-state index contributed by atoms with van der Waals surface area (Å²) in [6, 6.07) is 4.10. The van der Waals surface area contributed by atoms with Crippen molar-refractivity contribution in [1.82, 2.24) is 10.2 Å². The summed E-state index contributed by atoms with van der Waals surface area (Å²) in [6.07, 6.45) is 2.43. The first-order valence-corrected chi connectivity index (χ1v) is 6.65. The third-order valence-electron chi connectivity index (χ3n) is 3.09. The number of phenols is 1. The Morgan fingerprint density at radius 2 is 1.72 bits per heavy atom. The van der Waals surface area contributed by atoms with Crippen molar-refractivity contribution in [2.75, 3.05) is 27.2 Å². The van der Waals surface area contributed by atoms with Crippen LogP contribution >= 0.6 is 0 Å². The third kappa shape index (κ3) is 5.07. The highest BCUT2D eigenvalue weighted by atomic mass is 16.3. The van der Waals surface area contributed by atoms with Crippen LogP contribution < -0.4 is 5.32 Å². The highest BCUT2D eigenvalue weighted by Crippen LogP contribution is 2.22. The van der Waals surface area contributed by atoms with E-state index in [1.165, 1.54) is 18.4 Å². The van der Waals surface area contributed by atoms with Crippen LogP contribution in [0.25, 0.3) is 0 Å². The maximum atomic E-state index is 9.70. The van der Waals surface area contributed by atoms with Crippen LogP contribution in [0.3, 0.4) is 0 Å². The largest absolute Gasteiger partial charge is 0.507 e. The van der Waals surface area contributed by atoms with Gasteiger partial charge in [-0.2, -0.15) is 0 Å². The minimum atomic E-state index is 0.421. The number of hydrogen-bond acceptors (Lipinski definition) is 3. The number of nitrogens with zero attached hydrogens (tertiary/aromatic N) is 1. The zero-order valence-electron chi connectivity index (χ0n) is 12.1. The molecule has 0 aliphatic carbocycles. The predicted molar refractivity (Wildman–Crippen MR) is 77.1 cm³/mol. The van der Waals surface area contributed by atoms with Crippen molar-refractivity contribution in [2.24, 2.45) is 0 Å². The molecule has 0 unspecified atom stereocenters. The Bertz CT molecular complexity index is 352. The van der Waals surface area contributed by atoms with E-state index < -0.39 is 0 Å². The van der Waals surface area contributed by atoms with Crippen molar-refractivity contribution in [3.05, 3.63) is 28.8 Å². The van der Waals surface area contributed by atoms with E-state index in [0.29, 0.717) is 5.75 Å². The molecule has 2 N–H and O–H groups in total. The summed E-state index contributed by atoms with van der Waals surface area (Å²) in [5.74, 6) is 0.421. The molecule has 0 saturated carbocycles. The fourth-order valence-corrected chi connectivity index (χ4v) is 2.06. The molecule has 0 spiro atoms. The van der Waals surface area contributed by atoms with Crippen LogP contribution in [0.4, 0.5) is 0 Å². The van der Waals surface area contributed by atoms with E-state index in [0.717, 1.165) is 30.8 Å². The van der Waals surface area contributed by atoms with Crippen molar-refractivity contribution < 1.29 is 5.11 Å². The van der Waals surface area contributed by atoms with Gasteiger partial charge in [-0.25, -0.2) is 0 Å². The Hall–Kier alpha value is -1.06. The van der Waals surface area contributed by atoms with Gasteiger partial charge in [-0.05, 0) is 70.6 Å². The molecule has 0 aliphatic rings. The molecule has 0 heterocycles. The Labute approximate surface area is 111 Å². The number of rotatable bonds is 7. The second kappa shape index (κ2) is 7.39. The van der Waals surface area contributed by atoms with E-state index in [9.17, 15) is 5.11 Å². The third-order valence-corrected chi connectivity index (χ3v) is 3.09. The van der Waals surface area contributed by atoms with Gasteiger partial charge >= 0.3 is 0 Å². The van der Waals surface area contributed by atoms with Gasteiger partial charge in [0.25, 0.3) is 0 Å². The zero-order valence-corrected chi connectivity index (χ0v) is 12.1. The SMILES string of the molecule is Cc1cc(CNCCCCN(C)C)cc(C)c1O. The van der Waals surface area contributed by atoms with Crippen LogP contribution in [0, 0.1) is 13.8 Å². The van der Waals surface area contributed by atoms with E-state index in [1.54, 1.807) is 0 Å². The summed E-state index contributed by atoms with van der Waals surface area (Å²) in [5, 5.41) is 13.1. The molecule has 0 aliphatic heterocycles. The van der Waals surface area contributed by atoms with Crippen LogP contribution in [-0.4, -0.2) is 37.2 Å². The van der Waals surface area contributed by atoms with Gasteiger partial charge in [0.05, 0.1) is 0 Å². The standard InChI is InChI=1S/C15H26N2O/c1-12-9-14(10-13(2)15(12)18)11-16-7-5-6-8-17(3)4/h9-10,16,18H,5-8,11H2,1-4H3. The first-order valence-electron chi connectivity index (χ1n) is 6.65. The maximum Gasteiger partial charge on any atom is 0.121 e. The summed E-state index contributed by atoms with van der Waals surface area (Å²) in [5.41, 5.74) is 3.16. The smallest absolute Gasteiger partial charge is 0.121 e. The van der Waals surface area contributed by atoms with Crippen molar-refractivity contribution >= 4 is 0 Å². The first-order chi connectivity index (χ1) is 8.50. The molecule has 0 atom stereocenters. The number of unbranched alkanes of at least 4 members (excludes halogenated alkanes) is 1. The van der Waals surface area contributed by atoms with Gasteiger partial charge in [-0.3, -0.25) is 0 Å². The van der Waals surface area contributed by atoms with Gasteiger partial charge in [0.2, 0.25) is 0 Å². The van der Waals surface area contributed by atoms with E-state index in [4.69, 9.17) is 0 Å². The predicted octanol–water partition coefficient (Wildman–Crippen LogP) is 2.44. The summed E-state index contributed by atoms with van der Waals surface area (Å²) in [6.45, 7) is 6.97. The van der Waals surface area contributed by atoms with E-state index in [2.05, 4.69) is 36.4 Å². The van der Waals surface area contributed by atoms with E-state index >= 15 is 0 Å². The minimum absolute atomic E-state index is 0.421. The van der Waals surface area contributed by atoms with Crippen LogP contribution in [0.1, 0.15) is 29.5 Å². The Morgan fingerprint density at radius 1 is 1.11 bits per heavy atom. The lowest BCUT2D eigenvalue weighted by Crippen LogP contribution is -2.18. The average Bonchev–Trinajstić information content (AvgIpc) is 2.30. The molecule has 0 aromatic heterocycles. The summed E-state index contributed by atoms with van der Waals surface area (Å²) < 4.78 is 0. The number of benzene rings is 1.